The molecule has 0 aromatic rings. The van der Waals surface area contributed by atoms with Gasteiger partial charge in [-0.2, -0.15) is 0 Å². The highest BCUT2D eigenvalue weighted by molar-refractivity contribution is 4.63. The minimum atomic E-state index is -0.145. The van der Waals surface area contributed by atoms with Gasteiger partial charge in [0.1, 0.15) is 0 Å². The molecule has 17 heavy (non-hydrogen) atoms. The summed E-state index contributed by atoms with van der Waals surface area (Å²) in [5, 5.41) is 8.81. The molecule has 3 unspecified atom stereocenters. The van der Waals surface area contributed by atoms with E-state index in [0.29, 0.717) is 13.2 Å². The molecule has 0 aliphatic heterocycles. The van der Waals surface area contributed by atoms with Gasteiger partial charge in [0, 0.05) is 0 Å². The second-order valence-corrected chi connectivity index (χ2v) is 5.51. The van der Waals surface area contributed by atoms with Crippen LogP contribution in [0.1, 0.15) is 41.5 Å². The van der Waals surface area contributed by atoms with Crippen molar-refractivity contribution in [2.45, 2.75) is 65.5 Å². The van der Waals surface area contributed by atoms with E-state index in [1.54, 1.807) is 0 Å². The zero-order valence-electron chi connectivity index (χ0n) is 12.0. The van der Waals surface area contributed by atoms with Gasteiger partial charge in [-0.1, -0.05) is 0 Å². The summed E-state index contributed by atoms with van der Waals surface area (Å²) in [6, 6.07) is 0. The van der Waals surface area contributed by atoms with Gasteiger partial charge in [-0.25, -0.2) is 0 Å². The molecular formula is C13H28O4. The van der Waals surface area contributed by atoms with Crippen LogP contribution < -0.4 is 0 Å². The number of ether oxygens (including phenoxy) is 3. The topological polar surface area (TPSA) is 47.9 Å². The van der Waals surface area contributed by atoms with E-state index in [0.717, 1.165) is 0 Å². The minimum Gasteiger partial charge on any atom is -0.394 e. The van der Waals surface area contributed by atoms with Gasteiger partial charge >= 0.3 is 0 Å². The molecule has 0 saturated heterocycles. The van der Waals surface area contributed by atoms with Gasteiger partial charge in [0.25, 0.3) is 0 Å². The maximum absolute atomic E-state index is 8.81. The molecule has 4 nitrogen and oxygen atoms in total. The van der Waals surface area contributed by atoms with Crippen LogP contribution in [0, 0.1) is 0 Å². The van der Waals surface area contributed by atoms with Crippen molar-refractivity contribution in [3.8, 4) is 0 Å². The van der Waals surface area contributed by atoms with Crippen LogP contribution in [0.2, 0.25) is 0 Å². The molecule has 4 heteroatoms. The van der Waals surface area contributed by atoms with Crippen LogP contribution in [0.4, 0.5) is 0 Å². The van der Waals surface area contributed by atoms with E-state index < -0.39 is 0 Å². The molecule has 0 bridgehead atoms. The standard InChI is InChI=1S/C13H28O4/c1-10(7-14)15-8-11(2)16-9-12(3)17-13(4,5)6/h10-12,14H,7-9H2,1-6H3. The lowest BCUT2D eigenvalue weighted by atomic mass is 10.2. The first-order chi connectivity index (χ1) is 7.74. The second kappa shape index (κ2) is 8.03. The highest BCUT2D eigenvalue weighted by atomic mass is 16.6. The third-order valence-electron chi connectivity index (χ3n) is 2.04. The number of aliphatic hydroxyl groups is 1. The van der Waals surface area contributed by atoms with E-state index in [2.05, 4.69) is 0 Å². The Bertz CT molecular complexity index is 188. The van der Waals surface area contributed by atoms with Gasteiger partial charge in [-0.05, 0) is 41.5 Å². The largest absolute Gasteiger partial charge is 0.394 e. The van der Waals surface area contributed by atoms with Crippen molar-refractivity contribution in [2.75, 3.05) is 19.8 Å². The van der Waals surface area contributed by atoms with E-state index in [1.807, 2.05) is 41.5 Å². The van der Waals surface area contributed by atoms with Crippen molar-refractivity contribution in [3.63, 3.8) is 0 Å². The summed E-state index contributed by atoms with van der Waals surface area (Å²) in [5.74, 6) is 0. The predicted molar refractivity (Wildman–Crippen MR) is 68.2 cm³/mol. The number of aliphatic hydroxyl groups excluding tert-OH is 1. The van der Waals surface area contributed by atoms with Crippen LogP contribution in [0.5, 0.6) is 0 Å². The van der Waals surface area contributed by atoms with Gasteiger partial charge < -0.3 is 19.3 Å². The van der Waals surface area contributed by atoms with Crippen LogP contribution in [0.3, 0.4) is 0 Å². The quantitative estimate of drug-likeness (QED) is 0.713. The molecule has 3 atom stereocenters. The summed E-state index contributed by atoms with van der Waals surface area (Å²) in [7, 11) is 0. The Hall–Kier alpha value is -0.160. The average Bonchev–Trinajstić information content (AvgIpc) is 2.20. The molecule has 1 N–H and O–H groups in total. The fourth-order valence-corrected chi connectivity index (χ4v) is 1.34. The summed E-state index contributed by atoms with van der Waals surface area (Å²) >= 11 is 0. The van der Waals surface area contributed by atoms with Crippen molar-refractivity contribution in [3.05, 3.63) is 0 Å². The lowest BCUT2D eigenvalue weighted by molar-refractivity contribution is -0.109. The normalized spacial score (nSPS) is 17.8. The summed E-state index contributed by atoms with van der Waals surface area (Å²) in [4.78, 5) is 0. The van der Waals surface area contributed by atoms with Crippen LogP contribution in [-0.4, -0.2) is 48.8 Å². The van der Waals surface area contributed by atoms with Crippen LogP contribution >= 0.6 is 0 Å². The summed E-state index contributed by atoms with van der Waals surface area (Å²) in [6.45, 7) is 12.9. The van der Waals surface area contributed by atoms with Crippen molar-refractivity contribution < 1.29 is 19.3 Å². The van der Waals surface area contributed by atoms with E-state index in [1.165, 1.54) is 0 Å². The molecule has 0 aliphatic rings. The first kappa shape index (κ1) is 16.8. The maximum Gasteiger partial charge on any atom is 0.0787 e. The third-order valence-corrected chi connectivity index (χ3v) is 2.04. The Morgan fingerprint density at radius 3 is 1.82 bits per heavy atom. The van der Waals surface area contributed by atoms with E-state index >= 15 is 0 Å². The van der Waals surface area contributed by atoms with Crippen molar-refractivity contribution in [1.82, 2.24) is 0 Å². The molecule has 0 aromatic heterocycles. The second-order valence-electron chi connectivity index (χ2n) is 5.51. The first-order valence-corrected chi connectivity index (χ1v) is 6.26. The molecule has 0 heterocycles. The van der Waals surface area contributed by atoms with Crippen molar-refractivity contribution >= 4 is 0 Å². The van der Waals surface area contributed by atoms with Gasteiger partial charge in [-0.3, -0.25) is 0 Å². The van der Waals surface area contributed by atoms with Gasteiger partial charge in [-0.15, -0.1) is 0 Å². The number of hydrogen-bond donors (Lipinski definition) is 1. The van der Waals surface area contributed by atoms with E-state index in [-0.39, 0.29) is 30.5 Å². The summed E-state index contributed by atoms with van der Waals surface area (Å²) < 4.78 is 16.7. The zero-order valence-corrected chi connectivity index (χ0v) is 12.0. The molecule has 0 saturated carbocycles. The average molecular weight is 248 g/mol. The molecular weight excluding hydrogens is 220 g/mol. The fraction of sp³-hybridized carbons (Fsp3) is 1.00. The van der Waals surface area contributed by atoms with Gasteiger partial charge in [0.15, 0.2) is 0 Å². The molecule has 0 fully saturated rings. The van der Waals surface area contributed by atoms with Gasteiger partial charge in [0.05, 0.1) is 43.7 Å². The molecule has 0 aliphatic carbocycles. The lowest BCUT2D eigenvalue weighted by Crippen LogP contribution is -2.31. The smallest absolute Gasteiger partial charge is 0.0787 e. The van der Waals surface area contributed by atoms with Crippen molar-refractivity contribution in [1.29, 1.82) is 0 Å². The van der Waals surface area contributed by atoms with E-state index in [4.69, 9.17) is 19.3 Å². The molecule has 104 valence electrons. The molecule has 0 rings (SSSR count). The molecule has 0 aromatic carbocycles. The Morgan fingerprint density at radius 1 is 0.882 bits per heavy atom. The SMILES string of the molecule is CC(CO)OCC(C)OCC(C)OC(C)(C)C. The highest BCUT2D eigenvalue weighted by Crippen LogP contribution is 2.11. The first-order valence-electron chi connectivity index (χ1n) is 6.26. The van der Waals surface area contributed by atoms with Crippen molar-refractivity contribution in [2.24, 2.45) is 0 Å². The molecule has 0 spiro atoms. The predicted octanol–water partition coefficient (Wildman–Crippen LogP) is 1.99. The monoisotopic (exact) mass is 248 g/mol. The lowest BCUT2D eigenvalue weighted by Gasteiger charge is -2.26. The Labute approximate surface area is 105 Å². The maximum atomic E-state index is 8.81. The van der Waals surface area contributed by atoms with E-state index in [9.17, 15) is 0 Å². The van der Waals surface area contributed by atoms with Gasteiger partial charge in [0.2, 0.25) is 0 Å². The molecule has 0 radical (unpaired) electrons. The minimum absolute atomic E-state index is 0.00928. The highest BCUT2D eigenvalue weighted by Gasteiger charge is 2.16. The molecule has 0 amide bonds. The summed E-state index contributed by atoms with van der Waals surface area (Å²) in [6.07, 6.45) is -0.0629. The number of hydrogen-bond acceptors (Lipinski definition) is 4. The van der Waals surface area contributed by atoms with Crippen LogP contribution in [0.15, 0.2) is 0 Å². The Kier molecular flexibility index (Phi) is 7.96. The Balaban J connectivity index is 3.65. The zero-order chi connectivity index (χ0) is 13.5. The number of rotatable bonds is 8. The summed E-state index contributed by atoms with van der Waals surface area (Å²) in [5.41, 5.74) is -0.145. The van der Waals surface area contributed by atoms with Crippen LogP contribution in [0.25, 0.3) is 0 Å². The third kappa shape index (κ3) is 10.7. The van der Waals surface area contributed by atoms with Crippen LogP contribution in [-0.2, 0) is 14.2 Å². The fourth-order valence-electron chi connectivity index (χ4n) is 1.34. The Morgan fingerprint density at radius 2 is 1.35 bits per heavy atom.